The van der Waals surface area contributed by atoms with Crippen LogP contribution in [0, 0.1) is 5.92 Å². The van der Waals surface area contributed by atoms with E-state index in [1.165, 1.54) is 0 Å². The summed E-state index contributed by atoms with van der Waals surface area (Å²) in [6.07, 6.45) is 5.30. The molecular formula is C42H53N3O7. The summed E-state index contributed by atoms with van der Waals surface area (Å²) in [5.74, 6) is 1.62. The van der Waals surface area contributed by atoms with E-state index in [9.17, 15) is 9.59 Å². The van der Waals surface area contributed by atoms with E-state index in [0.717, 1.165) is 53.4 Å². The lowest BCUT2D eigenvalue weighted by atomic mass is 9.79. The van der Waals surface area contributed by atoms with E-state index in [1.54, 1.807) is 26.2 Å². The third-order valence-electron chi connectivity index (χ3n) is 9.91. The van der Waals surface area contributed by atoms with Gasteiger partial charge in [0.25, 0.3) is 0 Å². The molecule has 6 rings (SSSR count). The van der Waals surface area contributed by atoms with Crippen molar-refractivity contribution >= 4 is 22.9 Å². The second kappa shape index (κ2) is 16.3. The van der Waals surface area contributed by atoms with Crippen molar-refractivity contribution in [2.75, 3.05) is 41.0 Å². The molecule has 278 valence electrons. The van der Waals surface area contributed by atoms with Crippen LogP contribution in [-0.4, -0.2) is 79.0 Å². The molecule has 0 radical (unpaired) electrons. The molecule has 3 aromatic carbocycles. The Morgan fingerprint density at radius 1 is 0.885 bits per heavy atom. The number of aromatic nitrogens is 1. The molecular weight excluding hydrogens is 658 g/mol. The van der Waals surface area contributed by atoms with Crippen LogP contribution in [0.15, 0.2) is 72.9 Å². The summed E-state index contributed by atoms with van der Waals surface area (Å²) in [4.78, 5) is 32.1. The van der Waals surface area contributed by atoms with Gasteiger partial charge in [-0.05, 0) is 99.4 Å². The number of ether oxygens (including phenoxy) is 5. The molecule has 4 aromatic rings. The summed E-state index contributed by atoms with van der Waals surface area (Å²) < 4.78 is 30.6. The summed E-state index contributed by atoms with van der Waals surface area (Å²) >= 11 is 0. The van der Waals surface area contributed by atoms with Crippen molar-refractivity contribution in [3.05, 3.63) is 89.6 Å². The molecule has 0 spiro atoms. The third kappa shape index (κ3) is 9.02. The molecule has 0 bridgehead atoms. The molecule has 10 heteroatoms. The maximum atomic E-state index is 15.0. The zero-order chi connectivity index (χ0) is 36.8. The molecule has 1 aliphatic carbocycles. The Balaban J connectivity index is 1.27. The van der Waals surface area contributed by atoms with Crippen molar-refractivity contribution in [1.29, 1.82) is 0 Å². The molecule has 0 unspecified atom stereocenters. The highest BCUT2D eigenvalue weighted by Crippen LogP contribution is 2.40. The monoisotopic (exact) mass is 711 g/mol. The zero-order valence-electron chi connectivity index (χ0n) is 31.4. The topological polar surface area (TPSA) is 91.7 Å². The standard InChI is InChI=1S/C42H53N3O7/c1-42(2,3)52-41(47)44-19-17-36(30-11-9-12-33(23-30)51-28-29-21-34(49-5)24-35(22-29)50-6)38(27-44)40(46)45(32-15-16-32)26-31-25-43(18-10-20-48-4)39-14-8-7-13-37(31)39/h7-9,11-14,21-25,32,36,38H,10,15-20,26-28H2,1-6H3/t36-,38+/m1/s1. The van der Waals surface area contributed by atoms with Gasteiger partial charge in [-0.2, -0.15) is 0 Å². The van der Waals surface area contributed by atoms with E-state index >= 15 is 0 Å². The smallest absolute Gasteiger partial charge is 0.410 e. The van der Waals surface area contributed by atoms with Crippen molar-refractivity contribution < 1.29 is 33.3 Å². The van der Waals surface area contributed by atoms with E-state index in [-0.39, 0.29) is 30.5 Å². The van der Waals surface area contributed by atoms with E-state index in [4.69, 9.17) is 23.7 Å². The first kappa shape index (κ1) is 37.1. The molecule has 1 saturated carbocycles. The number of piperidine rings is 1. The van der Waals surface area contributed by atoms with E-state index < -0.39 is 11.5 Å². The maximum Gasteiger partial charge on any atom is 0.410 e. The van der Waals surface area contributed by atoms with Gasteiger partial charge in [-0.15, -0.1) is 0 Å². The molecule has 2 aliphatic rings. The van der Waals surface area contributed by atoms with E-state index in [2.05, 4.69) is 46.0 Å². The second-order valence-corrected chi connectivity index (χ2v) is 14.9. The Kier molecular flexibility index (Phi) is 11.6. The number of carbonyl (C=O) groups excluding carboxylic acids is 2. The van der Waals surface area contributed by atoms with Crippen LogP contribution in [0.4, 0.5) is 4.79 Å². The van der Waals surface area contributed by atoms with Crippen molar-refractivity contribution in [3.8, 4) is 17.2 Å². The van der Waals surface area contributed by atoms with Crippen LogP contribution in [0.1, 0.15) is 69.1 Å². The lowest BCUT2D eigenvalue weighted by molar-refractivity contribution is -0.139. The van der Waals surface area contributed by atoms with Crippen LogP contribution in [-0.2, 0) is 34.0 Å². The molecule has 1 saturated heterocycles. The Morgan fingerprint density at radius 3 is 2.33 bits per heavy atom. The fraction of sp³-hybridized carbons (Fsp3) is 0.476. The highest BCUT2D eigenvalue weighted by atomic mass is 16.6. The SMILES string of the molecule is COCCCn1cc(CN(C(=O)[C@H]2CN(C(=O)OC(C)(C)C)CC[C@@H]2c2cccc(OCc3cc(OC)cc(OC)c3)c2)C2CC2)c2ccccc21. The molecule has 2 heterocycles. The molecule has 52 heavy (non-hydrogen) atoms. The number of likely N-dealkylation sites (tertiary alicyclic amines) is 1. The number of hydrogen-bond donors (Lipinski definition) is 0. The van der Waals surface area contributed by atoms with Gasteiger partial charge in [-0.25, -0.2) is 4.79 Å². The number of carbonyl (C=O) groups is 2. The average molecular weight is 712 g/mol. The number of rotatable bonds is 14. The Hall–Kier alpha value is -4.70. The van der Waals surface area contributed by atoms with Gasteiger partial charge < -0.3 is 38.1 Å². The van der Waals surface area contributed by atoms with Crippen molar-refractivity contribution in [3.63, 3.8) is 0 Å². The lowest BCUT2D eigenvalue weighted by Gasteiger charge is -2.40. The van der Waals surface area contributed by atoms with Gasteiger partial charge in [0.15, 0.2) is 0 Å². The number of benzene rings is 3. The summed E-state index contributed by atoms with van der Waals surface area (Å²) in [5.41, 5.74) is 3.60. The summed E-state index contributed by atoms with van der Waals surface area (Å²) in [7, 11) is 4.98. The number of nitrogens with zero attached hydrogens (tertiary/aromatic N) is 3. The molecule has 2 atom stereocenters. The van der Waals surface area contributed by atoms with Crippen LogP contribution in [0.5, 0.6) is 17.2 Å². The van der Waals surface area contributed by atoms with Gasteiger partial charge in [-0.3, -0.25) is 4.79 Å². The van der Waals surface area contributed by atoms with Crippen LogP contribution < -0.4 is 14.2 Å². The molecule has 10 nitrogen and oxygen atoms in total. The number of para-hydroxylation sites is 1. The van der Waals surface area contributed by atoms with Crippen LogP contribution in [0.3, 0.4) is 0 Å². The fourth-order valence-corrected chi connectivity index (χ4v) is 7.23. The average Bonchev–Trinajstić information content (AvgIpc) is 3.93. The van der Waals surface area contributed by atoms with Gasteiger partial charge in [0, 0.05) is 69.1 Å². The molecule has 1 aromatic heterocycles. The van der Waals surface area contributed by atoms with Crippen molar-refractivity contribution in [2.24, 2.45) is 5.92 Å². The van der Waals surface area contributed by atoms with Crippen molar-refractivity contribution in [1.82, 2.24) is 14.4 Å². The first-order valence-electron chi connectivity index (χ1n) is 18.4. The van der Waals surface area contributed by atoms with Gasteiger partial charge in [0.1, 0.15) is 29.5 Å². The van der Waals surface area contributed by atoms with E-state index in [0.29, 0.717) is 50.0 Å². The second-order valence-electron chi connectivity index (χ2n) is 14.9. The quantitative estimate of drug-likeness (QED) is 0.123. The predicted octanol–water partition coefficient (Wildman–Crippen LogP) is 7.81. The fourth-order valence-electron chi connectivity index (χ4n) is 7.23. The third-order valence-corrected chi connectivity index (χ3v) is 9.91. The van der Waals surface area contributed by atoms with Gasteiger partial charge in [0.05, 0.1) is 20.1 Å². The number of amides is 2. The Labute approximate surface area is 307 Å². The Morgan fingerprint density at radius 2 is 1.63 bits per heavy atom. The van der Waals surface area contributed by atoms with Gasteiger partial charge >= 0.3 is 6.09 Å². The first-order valence-corrected chi connectivity index (χ1v) is 18.4. The molecule has 0 N–H and O–H groups in total. The molecule has 2 fully saturated rings. The highest BCUT2D eigenvalue weighted by Gasteiger charge is 2.43. The van der Waals surface area contributed by atoms with Gasteiger partial charge in [-0.1, -0.05) is 30.3 Å². The number of hydrogen-bond acceptors (Lipinski definition) is 7. The highest BCUT2D eigenvalue weighted by molar-refractivity contribution is 5.86. The first-order chi connectivity index (χ1) is 25.1. The van der Waals surface area contributed by atoms with Crippen molar-refractivity contribution in [2.45, 2.75) is 83.7 Å². The molecule has 1 aliphatic heterocycles. The summed E-state index contributed by atoms with van der Waals surface area (Å²) in [6, 6.07) is 22.3. The minimum atomic E-state index is -0.636. The largest absolute Gasteiger partial charge is 0.497 e. The van der Waals surface area contributed by atoms with Crippen LogP contribution >= 0.6 is 0 Å². The molecule has 2 amide bonds. The normalized spacial score (nSPS) is 17.5. The zero-order valence-corrected chi connectivity index (χ0v) is 31.4. The summed E-state index contributed by atoms with van der Waals surface area (Å²) in [5, 5.41) is 1.16. The van der Waals surface area contributed by atoms with Crippen LogP contribution in [0.25, 0.3) is 10.9 Å². The minimum Gasteiger partial charge on any atom is -0.497 e. The number of methoxy groups -OCH3 is 3. The lowest BCUT2D eigenvalue weighted by Crippen LogP contribution is -2.51. The van der Waals surface area contributed by atoms with Gasteiger partial charge in [0.2, 0.25) is 5.91 Å². The number of aryl methyl sites for hydroxylation is 1. The predicted molar refractivity (Wildman–Crippen MR) is 201 cm³/mol. The van der Waals surface area contributed by atoms with Crippen LogP contribution in [0.2, 0.25) is 0 Å². The van der Waals surface area contributed by atoms with E-state index in [1.807, 2.05) is 57.2 Å². The Bertz CT molecular complexity index is 1820. The summed E-state index contributed by atoms with van der Waals surface area (Å²) in [6.45, 7) is 8.76. The number of fused-ring (bicyclic) bond motifs is 1. The maximum absolute atomic E-state index is 15.0. The minimum absolute atomic E-state index is 0.0757.